The van der Waals surface area contributed by atoms with Gasteiger partial charge in [0.25, 0.3) is 0 Å². The third kappa shape index (κ3) is 3.22. The summed E-state index contributed by atoms with van der Waals surface area (Å²) in [6.07, 6.45) is 8.82. The molecular weight excluding hydrogens is 248 g/mol. The zero-order valence-corrected chi connectivity index (χ0v) is 12.2. The number of nitrogens with two attached hydrogens (primary N) is 1. The van der Waals surface area contributed by atoms with Crippen LogP contribution in [0.3, 0.4) is 0 Å². The smallest absolute Gasteiger partial charge is 0.0591 e. The van der Waals surface area contributed by atoms with E-state index in [1.807, 2.05) is 0 Å². The Morgan fingerprint density at radius 1 is 1.20 bits per heavy atom. The quantitative estimate of drug-likeness (QED) is 0.641. The predicted octanol–water partition coefficient (Wildman–Crippen LogP) is 2.90. The van der Waals surface area contributed by atoms with E-state index in [2.05, 4.69) is 29.7 Å². The molecule has 3 rings (SSSR count). The average Bonchev–Trinajstić information content (AvgIpc) is 3.00. The van der Waals surface area contributed by atoms with E-state index in [9.17, 15) is 0 Å². The molecular formula is C17H26N2O. The number of hydrogen-bond acceptors (Lipinski definition) is 3. The van der Waals surface area contributed by atoms with E-state index >= 15 is 0 Å². The van der Waals surface area contributed by atoms with Crippen LogP contribution in [-0.4, -0.2) is 18.8 Å². The standard InChI is InChI=1S/C17H26N2O/c18-19-15(12-16-8-4-10-20-16)11-14-7-3-6-13-5-1-2-9-17(13)14/h1-2,5,9,14-16,19H,3-4,6-8,10-12,18H2. The first kappa shape index (κ1) is 14.1. The molecule has 3 atom stereocenters. The fraction of sp³-hybridized carbons (Fsp3) is 0.647. The highest BCUT2D eigenvalue weighted by atomic mass is 16.5. The van der Waals surface area contributed by atoms with Gasteiger partial charge in [-0.2, -0.15) is 0 Å². The molecule has 3 N–H and O–H groups in total. The molecule has 3 unspecified atom stereocenters. The zero-order valence-electron chi connectivity index (χ0n) is 12.2. The minimum absolute atomic E-state index is 0.370. The molecule has 1 aliphatic heterocycles. The molecule has 0 radical (unpaired) electrons. The van der Waals surface area contributed by atoms with Gasteiger partial charge in [0.05, 0.1) is 6.10 Å². The maximum absolute atomic E-state index is 5.78. The highest BCUT2D eigenvalue weighted by Gasteiger charge is 2.26. The Morgan fingerprint density at radius 2 is 2.10 bits per heavy atom. The van der Waals surface area contributed by atoms with Crippen molar-refractivity contribution in [2.24, 2.45) is 5.84 Å². The van der Waals surface area contributed by atoms with Gasteiger partial charge < -0.3 is 4.74 Å². The molecule has 3 heteroatoms. The summed E-state index contributed by atoms with van der Waals surface area (Å²) in [6, 6.07) is 9.29. The highest BCUT2D eigenvalue weighted by Crippen LogP contribution is 2.35. The van der Waals surface area contributed by atoms with Crippen LogP contribution < -0.4 is 11.3 Å². The molecule has 1 aromatic rings. The summed E-state index contributed by atoms with van der Waals surface area (Å²) in [5.41, 5.74) is 6.11. The average molecular weight is 274 g/mol. The minimum Gasteiger partial charge on any atom is -0.378 e. The summed E-state index contributed by atoms with van der Waals surface area (Å²) in [7, 11) is 0. The number of hydrazine groups is 1. The summed E-state index contributed by atoms with van der Waals surface area (Å²) in [6.45, 7) is 0.925. The molecule has 3 nitrogen and oxygen atoms in total. The van der Waals surface area contributed by atoms with Gasteiger partial charge in [-0.1, -0.05) is 24.3 Å². The van der Waals surface area contributed by atoms with Crippen molar-refractivity contribution in [1.29, 1.82) is 0 Å². The van der Waals surface area contributed by atoms with Crippen LogP contribution >= 0.6 is 0 Å². The molecule has 0 saturated carbocycles. The topological polar surface area (TPSA) is 47.3 Å². The van der Waals surface area contributed by atoms with Crippen molar-refractivity contribution in [3.8, 4) is 0 Å². The lowest BCUT2D eigenvalue weighted by atomic mass is 9.79. The molecule has 2 aliphatic rings. The number of ether oxygens (including phenoxy) is 1. The fourth-order valence-corrected chi connectivity index (χ4v) is 3.82. The Kier molecular flexibility index (Phi) is 4.71. The number of hydrogen-bond donors (Lipinski definition) is 2. The van der Waals surface area contributed by atoms with E-state index in [1.54, 1.807) is 5.56 Å². The van der Waals surface area contributed by atoms with Gasteiger partial charge in [-0.15, -0.1) is 0 Å². The fourth-order valence-electron chi connectivity index (χ4n) is 3.82. The molecule has 0 aromatic heterocycles. The molecule has 20 heavy (non-hydrogen) atoms. The van der Waals surface area contributed by atoms with Crippen LogP contribution in [0.5, 0.6) is 0 Å². The third-order valence-electron chi connectivity index (χ3n) is 4.87. The van der Waals surface area contributed by atoms with Crippen LogP contribution in [0.2, 0.25) is 0 Å². The number of nitrogens with one attached hydrogen (secondary N) is 1. The largest absolute Gasteiger partial charge is 0.378 e. The van der Waals surface area contributed by atoms with Crippen LogP contribution in [0.4, 0.5) is 0 Å². The van der Waals surface area contributed by atoms with Crippen LogP contribution in [0.15, 0.2) is 24.3 Å². The second-order valence-corrected chi connectivity index (χ2v) is 6.26. The lowest BCUT2D eigenvalue weighted by Gasteiger charge is -2.29. The normalized spacial score (nSPS) is 27.2. The summed E-state index contributed by atoms with van der Waals surface area (Å²) in [5.74, 6) is 6.44. The Labute approximate surface area is 121 Å². The van der Waals surface area contributed by atoms with Gasteiger partial charge in [-0.05, 0) is 62.0 Å². The van der Waals surface area contributed by atoms with Crippen molar-refractivity contribution in [1.82, 2.24) is 5.43 Å². The maximum atomic E-state index is 5.78. The van der Waals surface area contributed by atoms with Gasteiger partial charge in [0.15, 0.2) is 0 Å². The number of rotatable bonds is 5. The molecule has 1 saturated heterocycles. The first-order chi connectivity index (χ1) is 9.86. The highest BCUT2D eigenvalue weighted by molar-refractivity contribution is 5.32. The van der Waals surface area contributed by atoms with Gasteiger partial charge >= 0.3 is 0 Å². The van der Waals surface area contributed by atoms with Crippen molar-refractivity contribution in [2.75, 3.05) is 6.61 Å². The van der Waals surface area contributed by atoms with E-state index in [0.29, 0.717) is 18.1 Å². The molecule has 0 spiro atoms. The predicted molar refractivity (Wildman–Crippen MR) is 81.4 cm³/mol. The Balaban J connectivity index is 1.64. The van der Waals surface area contributed by atoms with Gasteiger partial charge in [0.1, 0.15) is 0 Å². The Morgan fingerprint density at radius 3 is 2.90 bits per heavy atom. The lowest BCUT2D eigenvalue weighted by Crippen LogP contribution is -2.39. The van der Waals surface area contributed by atoms with E-state index in [4.69, 9.17) is 10.6 Å². The second-order valence-electron chi connectivity index (χ2n) is 6.26. The summed E-state index contributed by atoms with van der Waals surface area (Å²) < 4.78 is 5.75. The minimum atomic E-state index is 0.370. The Hall–Kier alpha value is -0.900. The summed E-state index contributed by atoms with van der Waals surface area (Å²) >= 11 is 0. The molecule has 1 aliphatic carbocycles. The zero-order chi connectivity index (χ0) is 13.8. The monoisotopic (exact) mass is 274 g/mol. The molecule has 0 bridgehead atoms. The third-order valence-corrected chi connectivity index (χ3v) is 4.87. The van der Waals surface area contributed by atoms with Crippen molar-refractivity contribution >= 4 is 0 Å². The molecule has 0 amide bonds. The maximum Gasteiger partial charge on any atom is 0.0591 e. The van der Waals surface area contributed by atoms with Crippen LogP contribution in [0.25, 0.3) is 0 Å². The molecule has 1 heterocycles. The lowest BCUT2D eigenvalue weighted by molar-refractivity contribution is 0.0925. The van der Waals surface area contributed by atoms with Gasteiger partial charge in [-0.25, -0.2) is 0 Å². The van der Waals surface area contributed by atoms with Crippen LogP contribution in [0, 0.1) is 0 Å². The van der Waals surface area contributed by atoms with Crippen molar-refractivity contribution in [2.45, 2.75) is 63.0 Å². The Bertz CT molecular complexity index is 429. The van der Waals surface area contributed by atoms with Crippen molar-refractivity contribution in [3.63, 3.8) is 0 Å². The van der Waals surface area contributed by atoms with Gasteiger partial charge in [0.2, 0.25) is 0 Å². The van der Waals surface area contributed by atoms with Crippen LogP contribution in [0.1, 0.15) is 55.6 Å². The van der Waals surface area contributed by atoms with E-state index in [-0.39, 0.29) is 0 Å². The number of fused-ring (bicyclic) bond motifs is 1. The molecule has 1 fully saturated rings. The number of aryl methyl sites for hydroxylation is 1. The van der Waals surface area contributed by atoms with Crippen molar-refractivity contribution < 1.29 is 4.74 Å². The van der Waals surface area contributed by atoms with Gasteiger partial charge in [-0.3, -0.25) is 11.3 Å². The first-order valence-corrected chi connectivity index (χ1v) is 8.02. The van der Waals surface area contributed by atoms with E-state index in [0.717, 1.165) is 19.4 Å². The SMILES string of the molecule is NNC(CC1CCCO1)CC1CCCc2ccccc21. The van der Waals surface area contributed by atoms with E-state index < -0.39 is 0 Å². The van der Waals surface area contributed by atoms with Crippen LogP contribution in [-0.2, 0) is 11.2 Å². The molecule has 1 aromatic carbocycles. The van der Waals surface area contributed by atoms with E-state index in [1.165, 1.54) is 37.7 Å². The van der Waals surface area contributed by atoms with Crippen molar-refractivity contribution in [3.05, 3.63) is 35.4 Å². The summed E-state index contributed by atoms with van der Waals surface area (Å²) in [5, 5.41) is 0. The molecule has 110 valence electrons. The van der Waals surface area contributed by atoms with Gasteiger partial charge in [0, 0.05) is 12.6 Å². The first-order valence-electron chi connectivity index (χ1n) is 8.02. The second kappa shape index (κ2) is 6.70. The number of benzene rings is 1. The summed E-state index contributed by atoms with van der Waals surface area (Å²) in [4.78, 5) is 0.